The molecule has 0 saturated heterocycles. The molecule has 2 aromatic carbocycles. The van der Waals surface area contributed by atoms with Crippen molar-refractivity contribution in [3.05, 3.63) is 45.6 Å². The number of carbonyl (C=O) groups excluding carboxylic acids is 1. The van der Waals surface area contributed by atoms with Crippen molar-refractivity contribution in [1.29, 1.82) is 0 Å². The lowest BCUT2D eigenvalue weighted by Gasteiger charge is -2.20. The summed E-state index contributed by atoms with van der Waals surface area (Å²) < 4.78 is 10.2. The van der Waals surface area contributed by atoms with Crippen molar-refractivity contribution in [2.75, 3.05) is 20.3 Å². The predicted octanol–water partition coefficient (Wildman–Crippen LogP) is 0.573. The highest BCUT2D eigenvalue weighted by Gasteiger charge is 2.24. The highest BCUT2D eigenvalue weighted by atomic mass is 16.5. The lowest BCUT2D eigenvalue weighted by atomic mass is 9.93. The molecule has 2 atom stereocenters. The number of aromatic hydroxyl groups is 2. The van der Waals surface area contributed by atoms with Crippen LogP contribution in [0.15, 0.2) is 33.5 Å². The molecule has 0 aliphatic carbocycles. The van der Waals surface area contributed by atoms with Crippen molar-refractivity contribution in [2.45, 2.75) is 12.0 Å². The Balaban J connectivity index is 2.37. The molecular weight excluding hydrogens is 372 g/mol. The minimum Gasteiger partial charge on any atom is -0.508 e. The SMILES string of the molecule is COC(=O)c1cc(O)cc2oc3cc([C@H](CO)[C@H](O)CO)cc(O)c3c(=O)c12. The molecule has 148 valence electrons. The number of fused-ring (bicyclic) bond motifs is 2. The molecule has 0 spiro atoms. The van der Waals surface area contributed by atoms with E-state index in [2.05, 4.69) is 4.74 Å². The monoisotopic (exact) mass is 390 g/mol. The van der Waals surface area contributed by atoms with Crippen LogP contribution in [0.5, 0.6) is 11.5 Å². The fourth-order valence-electron chi connectivity index (χ4n) is 3.15. The van der Waals surface area contributed by atoms with Crippen LogP contribution in [0.3, 0.4) is 0 Å². The van der Waals surface area contributed by atoms with Crippen molar-refractivity contribution in [2.24, 2.45) is 0 Å². The Morgan fingerprint density at radius 1 is 1.07 bits per heavy atom. The molecule has 0 radical (unpaired) electrons. The van der Waals surface area contributed by atoms with Crippen molar-refractivity contribution in [3.63, 3.8) is 0 Å². The van der Waals surface area contributed by atoms with Crippen LogP contribution in [0.4, 0.5) is 0 Å². The molecule has 9 nitrogen and oxygen atoms in total. The third-order valence-electron chi connectivity index (χ3n) is 4.55. The lowest BCUT2D eigenvalue weighted by molar-refractivity contribution is 0.0526. The van der Waals surface area contributed by atoms with Gasteiger partial charge in [0.1, 0.15) is 28.1 Å². The van der Waals surface area contributed by atoms with Gasteiger partial charge in [-0.25, -0.2) is 4.79 Å². The topological polar surface area (TPSA) is 158 Å². The number of ether oxygens (including phenoxy) is 1. The van der Waals surface area contributed by atoms with Gasteiger partial charge in [0.05, 0.1) is 37.4 Å². The largest absolute Gasteiger partial charge is 0.508 e. The Morgan fingerprint density at radius 3 is 2.36 bits per heavy atom. The first-order chi connectivity index (χ1) is 13.3. The van der Waals surface area contributed by atoms with Crippen LogP contribution >= 0.6 is 0 Å². The van der Waals surface area contributed by atoms with E-state index in [1.54, 1.807) is 0 Å². The molecule has 0 fully saturated rings. The molecule has 3 rings (SSSR count). The molecule has 0 aliphatic rings. The molecule has 0 aliphatic heterocycles. The van der Waals surface area contributed by atoms with E-state index in [1.807, 2.05) is 0 Å². The molecule has 3 aromatic rings. The molecule has 0 unspecified atom stereocenters. The van der Waals surface area contributed by atoms with Gasteiger partial charge in [0, 0.05) is 12.0 Å². The second kappa shape index (κ2) is 7.47. The van der Waals surface area contributed by atoms with Crippen LogP contribution in [0.2, 0.25) is 0 Å². The summed E-state index contributed by atoms with van der Waals surface area (Å²) in [6, 6.07) is 4.70. The molecule has 0 bridgehead atoms. The maximum Gasteiger partial charge on any atom is 0.338 e. The average Bonchev–Trinajstić information content (AvgIpc) is 2.66. The van der Waals surface area contributed by atoms with Gasteiger partial charge in [-0.15, -0.1) is 0 Å². The van der Waals surface area contributed by atoms with Gasteiger partial charge in [-0.1, -0.05) is 0 Å². The third kappa shape index (κ3) is 3.15. The minimum atomic E-state index is -1.30. The lowest BCUT2D eigenvalue weighted by Crippen LogP contribution is -2.25. The van der Waals surface area contributed by atoms with Gasteiger partial charge in [-0.2, -0.15) is 0 Å². The zero-order chi connectivity index (χ0) is 20.6. The summed E-state index contributed by atoms with van der Waals surface area (Å²) in [7, 11) is 1.12. The summed E-state index contributed by atoms with van der Waals surface area (Å²) in [4.78, 5) is 24.9. The first-order valence-corrected chi connectivity index (χ1v) is 8.26. The molecule has 1 heterocycles. The third-order valence-corrected chi connectivity index (χ3v) is 4.55. The van der Waals surface area contributed by atoms with Crippen molar-refractivity contribution < 1.29 is 39.5 Å². The van der Waals surface area contributed by atoms with Gasteiger partial charge in [-0.05, 0) is 23.8 Å². The summed E-state index contributed by atoms with van der Waals surface area (Å²) in [5, 5.41) is 48.3. The summed E-state index contributed by atoms with van der Waals surface area (Å²) in [5.41, 5.74) is -0.912. The van der Waals surface area contributed by atoms with Gasteiger partial charge in [0.15, 0.2) is 0 Å². The fourth-order valence-corrected chi connectivity index (χ4v) is 3.15. The van der Waals surface area contributed by atoms with Gasteiger partial charge >= 0.3 is 5.97 Å². The predicted molar refractivity (Wildman–Crippen MR) is 97.6 cm³/mol. The zero-order valence-corrected chi connectivity index (χ0v) is 14.7. The van der Waals surface area contributed by atoms with E-state index in [0.29, 0.717) is 0 Å². The van der Waals surface area contributed by atoms with Gasteiger partial charge in [0.2, 0.25) is 5.43 Å². The van der Waals surface area contributed by atoms with E-state index in [-0.39, 0.29) is 38.8 Å². The van der Waals surface area contributed by atoms with E-state index in [9.17, 15) is 30.0 Å². The molecular formula is C19H18O9. The molecule has 28 heavy (non-hydrogen) atoms. The van der Waals surface area contributed by atoms with E-state index in [4.69, 9.17) is 9.52 Å². The van der Waals surface area contributed by atoms with Gasteiger partial charge in [-0.3, -0.25) is 4.79 Å². The fraction of sp³-hybridized carbons (Fsp3) is 0.263. The van der Waals surface area contributed by atoms with E-state index in [1.165, 1.54) is 12.1 Å². The first kappa shape index (κ1) is 19.6. The molecule has 5 N–H and O–H groups in total. The maximum absolute atomic E-state index is 13.0. The number of methoxy groups -OCH3 is 1. The maximum atomic E-state index is 13.0. The number of esters is 1. The number of aliphatic hydroxyl groups excluding tert-OH is 3. The Morgan fingerprint density at radius 2 is 1.75 bits per heavy atom. The van der Waals surface area contributed by atoms with Crippen LogP contribution in [0.1, 0.15) is 21.8 Å². The standard InChI is InChI=1S/C19H18O9/c1-27-19(26)10-4-9(22)5-15-16(10)18(25)17-12(23)2-8(3-14(17)28-15)11(6-20)13(24)7-21/h2-5,11,13,20-24H,6-7H2,1H3/t11-,13+/m0/s1. The van der Waals surface area contributed by atoms with E-state index in [0.717, 1.165) is 19.2 Å². The molecule has 0 amide bonds. The number of aliphatic hydroxyl groups is 3. The molecule has 1 aromatic heterocycles. The van der Waals surface area contributed by atoms with Crippen LogP contribution in [-0.2, 0) is 4.74 Å². The normalized spacial score (nSPS) is 13.6. The summed E-state index contributed by atoms with van der Waals surface area (Å²) in [5.74, 6) is -2.62. The molecule has 9 heteroatoms. The summed E-state index contributed by atoms with van der Waals surface area (Å²) in [6.45, 7) is -1.15. The van der Waals surface area contributed by atoms with Gasteiger partial charge in [0.25, 0.3) is 0 Å². The van der Waals surface area contributed by atoms with E-state index >= 15 is 0 Å². The Bertz CT molecular complexity index is 1120. The number of hydrogen-bond acceptors (Lipinski definition) is 9. The number of benzene rings is 2. The van der Waals surface area contributed by atoms with Crippen molar-refractivity contribution in [3.8, 4) is 11.5 Å². The number of carbonyl (C=O) groups is 1. The Kier molecular flexibility index (Phi) is 5.23. The smallest absolute Gasteiger partial charge is 0.338 e. The number of hydrogen-bond donors (Lipinski definition) is 5. The van der Waals surface area contributed by atoms with Crippen molar-refractivity contribution in [1.82, 2.24) is 0 Å². The first-order valence-electron chi connectivity index (χ1n) is 8.26. The number of rotatable bonds is 5. The quantitative estimate of drug-likeness (QED) is 0.310. The minimum absolute atomic E-state index is 0.0856. The average molecular weight is 390 g/mol. The second-order valence-electron chi connectivity index (χ2n) is 6.24. The van der Waals surface area contributed by atoms with E-state index < -0.39 is 42.4 Å². The Hall–Kier alpha value is -3.14. The van der Waals surface area contributed by atoms with Crippen LogP contribution in [0, 0.1) is 0 Å². The van der Waals surface area contributed by atoms with Crippen LogP contribution < -0.4 is 5.43 Å². The molecule has 0 saturated carbocycles. The zero-order valence-electron chi connectivity index (χ0n) is 14.7. The van der Waals surface area contributed by atoms with Crippen LogP contribution in [0.25, 0.3) is 21.9 Å². The van der Waals surface area contributed by atoms with Gasteiger partial charge < -0.3 is 34.7 Å². The summed E-state index contributed by atoms with van der Waals surface area (Å²) >= 11 is 0. The van der Waals surface area contributed by atoms with Crippen LogP contribution in [-0.4, -0.2) is 57.9 Å². The highest BCUT2D eigenvalue weighted by molar-refractivity contribution is 6.06. The highest BCUT2D eigenvalue weighted by Crippen LogP contribution is 2.33. The Labute approximate surface area is 157 Å². The second-order valence-corrected chi connectivity index (χ2v) is 6.24. The van der Waals surface area contributed by atoms with Crippen molar-refractivity contribution >= 4 is 27.9 Å². The number of phenols is 2. The number of phenolic OH excluding ortho intramolecular Hbond substituents is 2. The summed E-state index contributed by atoms with van der Waals surface area (Å²) in [6.07, 6.45) is -1.30.